The maximum absolute atomic E-state index is 13.1. The topological polar surface area (TPSA) is 178 Å². The zero-order chi connectivity index (χ0) is 43.2. The van der Waals surface area contributed by atoms with Gasteiger partial charge in [-0.25, -0.2) is 0 Å². The van der Waals surface area contributed by atoms with E-state index >= 15 is 0 Å². The molecule has 0 amide bonds. The molecule has 0 spiro atoms. The smallest absolute Gasteiger partial charge is 0.394 e. The Morgan fingerprint density at radius 1 is 0.836 bits per heavy atom. The second-order valence-corrected chi connectivity index (χ2v) is 16.6. The molecule has 3 aliphatic rings. The summed E-state index contributed by atoms with van der Waals surface area (Å²) in [7, 11) is -2.50. The number of ether oxygens (including phenoxy) is 2. The van der Waals surface area contributed by atoms with Gasteiger partial charge in [0.05, 0.1) is 24.7 Å². The zero-order valence-electron chi connectivity index (χ0n) is 34.8. The molecule has 3 aliphatic heterocycles. The number of nitriles is 1. The zero-order valence-corrected chi connectivity index (χ0v) is 36.4. The summed E-state index contributed by atoms with van der Waals surface area (Å²) in [5.74, 6) is -0.984. The number of carbonyl (C=O) groups is 2. The van der Waals surface area contributed by atoms with Gasteiger partial charge in [-0.05, 0) is 94.3 Å². The number of rotatable bonds is 12. The average molecular weight is 877 g/mol. The predicted octanol–water partition coefficient (Wildman–Crippen LogP) is 7.18. The summed E-state index contributed by atoms with van der Waals surface area (Å²) in [6.45, 7) is 4.40. The minimum Gasteiger partial charge on any atom is -0.465 e. The Hall–Kier alpha value is -4.65. The maximum atomic E-state index is 13.1. The van der Waals surface area contributed by atoms with Gasteiger partial charge >= 0.3 is 22.3 Å². The van der Waals surface area contributed by atoms with E-state index < -0.39 is 27.1 Å². The minimum absolute atomic E-state index is 0. The normalized spacial score (nSPS) is 20.2. The summed E-state index contributed by atoms with van der Waals surface area (Å²) in [5.41, 5.74) is 2.59. The highest BCUT2D eigenvalue weighted by Crippen LogP contribution is 2.40. The third-order valence-corrected chi connectivity index (χ3v) is 12.2. The van der Waals surface area contributed by atoms with Crippen LogP contribution in [0.4, 0.5) is 0 Å². The van der Waals surface area contributed by atoms with E-state index in [0.717, 1.165) is 54.7 Å². The Labute approximate surface area is 366 Å². The van der Waals surface area contributed by atoms with Crippen LogP contribution in [0, 0.1) is 11.3 Å². The number of likely N-dealkylation sites (tertiary alicyclic amines) is 1. The maximum Gasteiger partial charge on any atom is 0.394 e. The molecule has 0 saturated carbocycles. The molecule has 2 unspecified atom stereocenters. The first-order valence-electron chi connectivity index (χ1n) is 20.6. The number of halogens is 1. The van der Waals surface area contributed by atoms with Gasteiger partial charge < -0.3 is 24.4 Å². The lowest BCUT2D eigenvalue weighted by Crippen LogP contribution is -2.49. The number of piperidine rings is 2. The number of carbonyl (C=O) groups excluding carboxylic acids is 2. The molecule has 4 aromatic rings. The molecular weight excluding hydrogens is 818 g/mol. The van der Waals surface area contributed by atoms with Crippen LogP contribution in [0.15, 0.2) is 121 Å². The number of nitrogens with zero attached hydrogens (tertiary/aromatic N) is 3. The molecule has 328 valence electrons. The first-order valence-corrected chi connectivity index (χ1v) is 22.0. The van der Waals surface area contributed by atoms with Crippen molar-refractivity contribution in [1.29, 1.82) is 5.26 Å². The number of aliphatic hydroxyl groups excluding tert-OH is 1. The van der Waals surface area contributed by atoms with Crippen LogP contribution < -0.4 is 0 Å². The first-order chi connectivity index (χ1) is 28.8. The van der Waals surface area contributed by atoms with E-state index in [2.05, 4.69) is 22.9 Å². The fourth-order valence-corrected chi connectivity index (χ4v) is 8.91. The summed E-state index contributed by atoms with van der Waals surface area (Å²) < 4.78 is 42.8. The molecule has 3 saturated heterocycles. The number of fused-ring (bicyclic) bond motifs is 2. The standard InChI is InChI=1S/C30H32N2O2.C17H23NO3.ClH.H2O4S/c1-2-34-28(33)29(25-12-6-3-7-13-25)18-21-32(22-19-29)23-20-30(24-31,26-14-8-4-9-15-26)27-16-10-5-11-17-27;1-18-13-7-8-14(18)10-15(9-13)21-17(20)16(11-19)12-5-3-2-4-6-12;;1-5(2,3)4/h3-17H,2,18-23H2,1H3;2-6,13-16,19H,7-11H2,1H3;1H;(H2,1,2,3,4)/t;13-,14+,15?,16?;;. The second kappa shape index (κ2) is 23.0. The highest BCUT2D eigenvalue weighted by atomic mass is 35.5. The highest BCUT2D eigenvalue weighted by molar-refractivity contribution is 7.79. The van der Waals surface area contributed by atoms with E-state index in [1.165, 1.54) is 12.8 Å². The quantitative estimate of drug-likeness (QED) is 0.0967. The van der Waals surface area contributed by atoms with Crippen LogP contribution in [-0.2, 0) is 40.3 Å². The van der Waals surface area contributed by atoms with Crippen LogP contribution in [-0.4, -0.2) is 102 Å². The van der Waals surface area contributed by atoms with E-state index in [1.54, 1.807) is 0 Å². The van der Waals surface area contributed by atoms with Crippen LogP contribution in [0.1, 0.15) is 80.0 Å². The number of hydrogen-bond donors (Lipinski definition) is 3. The van der Waals surface area contributed by atoms with Crippen LogP contribution in [0.25, 0.3) is 0 Å². The van der Waals surface area contributed by atoms with Crippen LogP contribution in [0.3, 0.4) is 0 Å². The monoisotopic (exact) mass is 875 g/mol. The van der Waals surface area contributed by atoms with Crippen molar-refractivity contribution in [2.24, 2.45) is 0 Å². The molecular formula is C47H58ClN3O9S. The average Bonchev–Trinajstić information content (AvgIpc) is 3.45. The van der Waals surface area contributed by atoms with E-state index in [1.807, 2.05) is 128 Å². The van der Waals surface area contributed by atoms with Crippen molar-refractivity contribution in [3.63, 3.8) is 0 Å². The van der Waals surface area contributed by atoms with Gasteiger partial charge in [-0.3, -0.25) is 18.7 Å². The lowest BCUT2D eigenvalue weighted by atomic mass is 9.71. The van der Waals surface area contributed by atoms with Crippen molar-refractivity contribution < 1.29 is 41.7 Å². The number of aliphatic hydroxyl groups is 1. The number of esters is 2. The van der Waals surface area contributed by atoms with Crippen molar-refractivity contribution in [3.8, 4) is 6.07 Å². The lowest BCUT2D eigenvalue weighted by Gasteiger charge is -2.41. The van der Waals surface area contributed by atoms with E-state index in [-0.39, 0.29) is 37.1 Å². The number of benzene rings is 4. The third-order valence-electron chi connectivity index (χ3n) is 12.2. The van der Waals surface area contributed by atoms with Gasteiger partial charge in [-0.15, -0.1) is 12.4 Å². The van der Waals surface area contributed by atoms with Gasteiger partial charge in [0, 0.05) is 18.6 Å². The lowest BCUT2D eigenvalue weighted by molar-refractivity contribution is -0.155. The molecule has 3 fully saturated rings. The van der Waals surface area contributed by atoms with Crippen LogP contribution >= 0.6 is 12.4 Å². The van der Waals surface area contributed by atoms with Gasteiger partial charge in [-0.1, -0.05) is 121 Å². The van der Waals surface area contributed by atoms with Crippen molar-refractivity contribution >= 4 is 34.7 Å². The van der Waals surface area contributed by atoms with Crippen LogP contribution in [0.2, 0.25) is 0 Å². The molecule has 12 nitrogen and oxygen atoms in total. The van der Waals surface area contributed by atoms with Gasteiger partial charge in [0.25, 0.3) is 0 Å². The summed E-state index contributed by atoms with van der Waals surface area (Å²) in [6.07, 6.45) is 6.38. The third kappa shape index (κ3) is 12.9. The number of hydrogen-bond acceptors (Lipinski definition) is 10. The van der Waals surface area contributed by atoms with E-state index in [0.29, 0.717) is 38.0 Å². The summed E-state index contributed by atoms with van der Waals surface area (Å²) in [5, 5.41) is 20.0. The van der Waals surface area contributed by atoms with E-state index in [9.17, 15) is 20.0 Å². The molecule has 0 aromatic heterocycles. The Morgan fingerprint density at radius 3 is 1.74 bits per heavy atom. The minimum atomic E-state index is -4.67. The predicted molar refractivity (Wildman–Crippen MR) is 236 cm³/mol. The molecule has 3 heterocycles. The highest BCUT2D eigenvalue weighted by Gasteiger charge is 2.45. The molecule has 0 radical (unpaired) electrons. The molecule has 4 atom stereocenters. The molecule has 4 aromatic carbocycles. The van der Waals surface area contributed by atoms with Crippen molar-refractivity contribution in [2.45, 2.75) is 86.8 Å². The van der Waals surface area contributed by atoms with Crippen LogP contribution in [0.5, 0.6) is 0 Å². The van der Waals surface area contributed by atoms with Crippen molar-refractivity contribution in [2.75, 3.05) is 39.9 Å². The molecule has 2 bridgehead atoms. The molecule has 0 aliphatic carbocycles. The van der Waals surface area contributed by atoms with Crippen molar-refractivity contribution in [3.05, 3.63) is 144 Å². The van der Waals surface area contributed by atoms with Gasteiger partial charge in [0.1, 0.15) is 17.4 Å². The molecule has 7 rings (SSSR count). The van der Waals surface area contributed by atoms with Gasteiger partial charge in [0.15, 0.2) is 0 Å². The first kappa shape index (κ1) is 49.0. The fourth-order valence-electron chi connectivity index (χ4n) is 8.91. The largest absolute Gasteiger partial charge is 0.465 e. The Morgan fingerprint density at radius 2 is 1.30 bits per heavy atom. The SMILES string of the molecule is CCOC(=O)C1(c2ccccc2)CCN(CCC(C#N)(c2ccccc2)c2ccccc2)CC1.CN1[C@@H]2CC[C@H]1CC(OC(=O)C(CO)c1ccccc1)C2.Cl.O=S(=O)(O)O. The van der Waals surface area contributed by atoms with Gasteiger partial charge in [0.2, 0.25) is 0 Å². The molecule has 61 heavy (non-hydrogen) atoms. The Bertz CT molecular complexity index is 2040. The van der Waals surface area contributed by atoms with E-state index in [4.69, 9.17) is 27.0 Å². The second-order valence-electron chi connectivity index (χ2n) is 15.7. The Kier molecular flexibility index (Phi) is 18.5. The van der Waals surface area contributed by atoms with Crippen molar-refractivity contribution in [1.82, 2.24) is 9.80 Å². The molecule has 14 heteroatoms. The molecule has 3 N–H and O–H groups in total. The summed E-state index contributed by atoms with van der Waals surface area (Å²) in [4.78, 5) is 30.2. The summed E-state index contributed by atoms with van der Waals surface area (Å²) >= 11 is 0. The van der Waals surface area contributed by atoms with Gasteiger partial charge in [-0.2, -0.15) is 13.7 Å². The summed E-state index contributed by atoms with van der Waals surface area (Å²) in [6, 6.07) is 43.3. The Balaban J connectivity index is 0.000000258. The fraction of sp³-hybridized carbons (Fsp3) is 0.426.